The molecule has 2 aromatic rings. The monoisotopic (exact) mass is 410 g/mol. The lowest BCUT2D eigenvalue weighted by molar-refractivity contribution is -0.120. The van der Waals surface area contributed by atoms with E-state index in [1.807, 2.05) is 37.3 Å². The summed E-state index contributed by atoms with van der Waals surface area (Å²) < 4.78 is 11.2. The van der Waals surface area contributed by atoms with E-state index >= 15 is 0 Å². The van der Waals surface area contributed by atoms with Crippen LogP contribution in [0.2, 0.25) is 0 Å². The molecule has 0 unspecified atom stereocenters. The number of hydrogen-bond acceptors (Lipinski definition) is 4. The topological polar surface area (TPSA) is 76.7 Å². The first-order chi connectivity index (χ1) is 14.4. The highest BCUT2D eigenvalue weighted by atomic mass is 16.5. The fourth-order valence-corrected chi connectivity index (χ4v) is 3.95. The largest absolute Gasteiger partial charge is 0.496 e. The molecule has 0 atom stereocenters. The van der Waals surface area contributed by atoms with Crippen LogP contribution >= 0.6 is 0 Å². The van der Waals surface area contributed by atoms with Crippen LogP contribution in [0.1, 0.15) is 39.9 Å². The molecule has 1 saturated heterocycles. The number of rotatable bonds is 7. The van der Waals surface area contributed by atoms with Gasteiger partial charge in [0.05, 0.1) is 13.7 Å². The number of methoxy groups -OCH3 is 1. The van der Waals surface area contributed by atoms with Crippen molar-refractivity contribution < 1.29 is 19.1 Å². The van der Waals surface area contributed by atoms with Crippen molar-refractivity contribution in [1.82, 2.24) is 10.6 Å². The molecule has 2 amide bonds. The van der Waals surface area contributed by atoms with E-state index in [0.717, 1.165) is 35.3 Å². The molecule has 3 rings (SSSR count). The second-order valence-corrected chi connectivity index (χ2v) is 7.87. The quantitative estimate of drug-likeness (QED) is 0.736. The smallest absolute Gasteiger partial charge is 0.251 e. The van der Waals surface area contributed by atoms with Gasteiger partial charge < -0.3 is 20.1 Å². The van der Waals surface area contributed by atoms with Crippen LogP contribution in [-0.4, -0.2) is 45.2 Å². The van der Waals surface area contributed by atoms with Gasteiger partial charge in [-0.2, -0.15) is 0 Å². The zero-order valence-corrected chi connectivity index (χ0v) is 17.9. The van der Waals surface area contributed by atoms with Crippen molar-refractivity contribution in [2.75, 3.05) is 33.4 Å². The SMILES string of the molecule is COc1ccc(C)cc1C1(CNC(=O)CNC(=O)c2ccccc2C)CCOCC1. The van der Waals surface area contributed by atoms with Crippen molar-refractivity contribution >= 4 is 11.8 Å². The molecular weight excluding hydrogens is 380 g/mol. The highest BCUT2D eigenvalue weighted by Crippen LogP contribution is 2.40. The second-order valence-electron chi connectivity index (χ2n) is 7.87. The molecule has 2 N–H and O–H groups in total. The fourth-order valence-electron chi connectivity index (χ4n) is 3.95. The van der Waals surface area contributed by atoms with Crippen molar-refractivity contribution in [1.29, 1.82) is 0 Å². The summed E-state index contributed by atoms with van der Waals surface area (Å²) in [6, 6.07) is 13.5. The number of carbonyl (C=O) groups is 2. The third kappa shape index (κ3) is 5.00. The van der Waals surface area contributed by atoms with Crippen molar-refractivity contribution in [3.8, 4) is 5.75 Å². The average molecular weight is 411 g/mol. The van der Waals surface area contributed by atoms with Gasteiger partial charge in [-0.3, -0.25) is 9.59 Å². The van der Waals surface area contributed by atoms with E-state index in [-0.39, 0.29) is 23.8 Å². The Morgan fingerprint density at radius 1 is 1.07 bits per heavy atom. The molecule has 1 heterocycles. The lowest BCUT2D eigenvalue weighted by atomic mass is 9.73. The molecular formula is C24H30N2O4. The van der Waals surface area contributed by atoms with Crippen LogP contribution < -0.4 is 15.4 Å². The number of amides is 2. The molecule has 0 aliphatic carbocycles. The van der Waals surface area contributed by atoms with Crippen molar-refractivity contribution in [2.24, 2.45) is 0 Å². The molecule has 1 aliphatic rings. The minimum absolute atomic E-state index is 0.0648. The van der Waals surface area contributed by atoms with Gasteiger partial charge in [0.15, 0.2) is 0 Å². The molecule has 6 nitrogen and oxygen atoms in total. The highest BCUT2D eigenvalue weighted by molar-refractivity contribution is 5.97. The predicted molar refractivity (Wildman–Crippen MR) is 116 cm³/mol. The molecule has 0 radical (unpaired) electrons. The van der Waals surface area contributed by atoms with Crippen molar-refractivity contribution in [3.05, 3.63) is 64.7 Å². The number of carbonyl (C=O) groups excluding carboxylic acids is 2. The Morgan fingerprint density at radius 2 is 1.80 bits per heavy atom. The van der Waals surface area contributed by atoms with E-state index in [1.54, 1.807) is 13.2 Å². The van der Waals surface area contributed by atoms with Crippen LogP contribution in [0, 0.1) is 13.8 Å². The van der Waals surface area contributed by atoms with E-state index in [9.17, 15) is 9.59 Å². The first-order valence-electron chi connectivity index (χ1n) is 10.3. The highest BCUT2D eigenvalue weighted by Gasteiger charge is 2.37. The van der Waals surface area contributed by atoms with Gasteiger partial charge in [-0.15, -0.1) is 0 Å². The summed E-state index contributed by atoms with van der Waals surface area (Å²) in [5, 5.41) is 5.73. The molecule has 2 aromatic carbocycles. The van der Waals surface area contributed by atoms with E-state index in [2.05, 4.69) is 23.6 Å². The van der Waals surface area contributed by atoms with Crippen LogP contribution in [0.25, 0.3) is 0 Å². The predicted octanol–water partition coefficient (Wildman–Crippen LogP) is 2.91. The summed E-state index contributed by atoms with van der Waals surface area (Å²) in [6.45, 7) is 5.60. The Balaban J connectivity index is 1.67. The Kier molecular flexibility index (Phi) is 7.11. The Bertz CT molecular complexity index is 904. The average Bonchev–Trinajstić information content (AvgIpc) is 2.77. The van der Waals surface area contributed by atoms with Crippen molar-refractivity contribution in [2.45, 2.75) is 32.1 Å². The Hall–Kier alpha value is -2.86. The molecule has 30 heavy (non-hydrogen) atoms. The molecule has 0 bridgehead atoms. The summed E-state index contributed by atoms with van der Waals surface area (Å²) in [4.78, 5) is 24.9. The second kappa shape index (κ2) is 9.76. The van der Waals surface area contributed by atoms with Crippen LogP contribution in [-0.2, 0) is 14.9 Å². The van der Waals surface area contributed by atoms with Crippen LogP contribution in [0.3, 0.4) is 0 Å². The summed E-state index contributed by atoms with van der Waals surface area (Å²) in [5.41, 5.74) is 3.44. The van der Waals surface area contributed by atoms with E-state index in [1.165, 1.54) is 0 Å². The summed E-state index contributed by atoms with van der Waals surface area (Å²) >= 11 is 0. The van der Waals surface area contributed by atoms with Crippen molar-refractivity contribution in [3.63, 3.8) is 0 Å². The summed E-state index contributed by atoms with van der Waals surface area (Å²) in [6.07, 6.45) is 1.59. The van der Waals surface area contributed by atoms with E-state index < -0.39 is 0 Å². The van der Waals surface area contributed by atoms with Gasteiger partial charge in [0, 0.05) is 36.3 Å². The molecule has 0 spiro atoms. The van der Waals surface area contributed by atoms with Crippen LogP contribution in [0.5, 0.6) is 5.75 Å². The molecule has 1 fully saturated rings. The minimum atomic E-state index is -0.259. The third-order valence-electron chi connectivity index (χ3n) is 5.80. The van der Waals surface area contributed by atoms with E-state index in [0.29, 0.717) is 25.3 Å². The Morgan fingerprint density at radius 3 is 2.50 bits per heavy atom. The minimum Gasteiger partial charge on any atom is -0.496 e. The molecule has 0 aromatic heterocycles. The zero-order valence-electron chi connectivity index (χ0n) is 17.9. The molecule has 0 saturated carbocycles. The number of aryl methyl sites for hydroxylation is 2. The van der Waals surface area contributed by atoms with Crippen LogP contribution in [0.4, 0.5) is 0 Å². The van der Waals surface area contributed by atoms with Gasteiger partial charge in [-0.25, -0.2) is 0 Å². The normalized spacial score (nSPS) is 15.3. The molecule has 160 valence electrons. The van der Waals surface area contributed by atoms with Crippen LogP contribution in [0.15, 0.2) is 42.5 Å². The summed E-state index contributed by atoms with van der Waals surface area (Å²) in [7, 11) is 1.67. The fraction of sp³-hybridized carbons (Fsp3) is 0.417. The van der Waals surface area contributed by atoms with Gasteiger partial charge in [0.2, 0.25) is 5.91 Å². The zero-order chi connectivity index (χ0) is 21.6. The third-order valence-corrected chi connectivity index (χ3v) is 5.80. The van der Waals surface area contributed by atoms with Gasteiger partial charge in [0.25, 0.3) is 5.91 Å². The number of hydrogen-bond donors (Lipinski definition) is 2. The standard InChI is InChI=1S/C24H30N2O4/c1-17-8-9-21(29-3)20(14-17)24(10-12-30-13-11-24)16-26-22(27)15-25-23(28)19-7-5-4-6-18(19)2/h4-9,14H,10-13,15-16H2,1-3H3,(H,25,28)(H,26,27). The lowest BCUT2D eigenvalue weighted by Crippen LogP contribution is -2.47. The maximum Gasteiger partial charge on any atom is 0.251 e. The number of benzene rings is 2. The lowest BCUT2D eigenvalue weighted by Gasteiger charge is -2.38. The maximum absolute atomic E-state index is 12.5. The number of nitrogens with one attached hydrogen (secondary N) is 2. The van der Waals surface area contributed by atoms with Gasteiger partial charge in [0.1, 0.15) is 5.75 Å². The summed E-state index contributed by atoms with van der Waals surface area (Å²) in [5.74, 6) is 0.364. The maximum atomic E-state index is 12.5. The number of ether oxygens (including phenoxy) is 2. The Labute approximate surface area is 178 Å². The van der Waals surface area contributed by atoms with Gasteiger partial charge >= 0.3 is 0 Å². The van der Waals surface area contributed by atoms with E-state index in [4.69, 9.17) is 9.47 Å². The molecule has 6 heteroatoms. The molecule has 1 aliphatic heterocycles. The first kappa shape index (κ1) is 21.8. The van der Waals surface area contributed by atoms with Gasteiger partial charge in [-0.1, -0.05) is 35.9 Å². The first-order valence-corrected chi connectivity index (χ1v) is 10.3. The van der Waals surface area contributed by atoms with Gasteiger partial charge in [-0.05, 0) is 44.4 Å².